The van der Waals surface area contributed by atoms with Crippen molar-refractivity contribution in [1.29, 1.82) is 0 Å². The quantitative estimate of drug-likeness (QED) is 0.592. The fourth-order valence-electron chi connectivity index (χ4n) is 1.91. The average molecular weight is 452 g/mol. The van der Waals surface area contributed by atoms with Crippen molar-refractivity contribution in [3.05, 3.63) is 64.7 Å². The molecule has 0 bridgehead atoms. The third-order valence-corrected chi connectivity index (χ3v) is 4.86. The van der Waals surface area contributed by atoms with Crippen molar-refractivity contribution in [2.24, 2.45) is 0 Å². The van der Waals surface area contributed by atoms with Crippen LogP contribution in [0, 0.1) is 6.92 Å². The molecule has 0 amide bonds. The third-order valence-electron chi connectivity index (χ3n) is 3.57. The lowest BCUT2D eigenvalue weighted by Gasteiger charge is -2.00. The highest BCUT2D eigenvalue weighted by atomic mass is 32.2. The minimum atomic E-state index is -3.51. The highest BCUT2D eigenvalue weighted by molar-refractivity contribution is 7.86. The van der Waals surface area contributed by atoms with Gasteiger partial charge in [-0.15, -0.1) is 5.10 Å². The number of rotatable bonds is 3. The second-order valence-electron chi connectivity index (χ2n) is 5.94. The van der Waals surface area contributed by atoms with E-state index in [-0.39, 0.29) is 22.3 Å². The number of hydrogen-bond donors (Lipinski definition) is 1. The lowest BCUT2D eigenvalue weighted by Crippen LogP contribution is -2.10. The predicted molar refractivity (Wildman–Crippen MR) is 112 cm³/mol. The molecule has 2 heterocycles. The highest BCUT2D eigenvalue weighted by Crippen LogP contribution is 2.11. The number of ether oxygens (including phenoxy) is 1. The number of aromatic amines is 1. The molecule has 0 aliphatic carbocycles. The van der Waals surface area contributed by atoms with Gasteiger partial charge in [0.15, 0.2) is 0 Å². The van der Waals surface area contributed by atoms with Gasteiger partial charge in [0, 0.05) is 38.4 Å². The number of H-pyrrole nitrogens is 1. The summed E-state index contributed by atoms with van der Waals surface area (Å²) in [6.45, 7) is 4.70. The van der Waals surface area contributed by atoms with E-state index in [4.69, 9.17) is 4.74 Å². The summed E-state index contributed by atoms with van der Waals surface area (Å²) in [5.74, 6) is 0.135. The zero-order valence-corrected chi connectivity index (χ0v) is 18.5. The first-order chi connectivity index (χ1) is 14.5. The number of methoxy groups -OCH3 is 1. The fourth-order valence-corrected chi connectivity index (χ4v) is 2.57. The van der Waals surface area contributed by atoms with E-state index in [1.54, 1.807) is 24.4 Å². The highest BCUT2D eigenvalue weighted by Gasteiger charge is 2.11. The summed E-state index contributed by atoms with van der Waals surface area (Å²) < 4.78 is 33.6. The fraction of sp³-hybridized carbons (Fsp3) is 0.263. The molecule has 1 N–H and O–H groups in total. The summed E-state index contributed by atoms with van der Waals surface area (Å²) in [5, 5.41) is 6.06. The Morgan fingerprint density at radius 3 is 1.90 bits per heavy atom. The number of nitrogens with zero attached hydrogens (tertiary/aromatic N) is 3. The van der Waals surface area contributed by atoms with Crippen LogP contribution in [-0.2, 0) is 14.3 Å². The van der Waals surface area contributed by atoms with Crippen LogP contribution in [0.15, 0.2) is 58.5 Å². The van der Waals surface area contributed by atoms with E-state index >= 15 is 0 Å². The van der Waals surface area contributed by atoms with Crippen LogP contribution < -0.4 is 10.3 Å². The topological polar surface area (TPSA) is 142 Å². The first kappa shape index (κ1) is 25.5. The Hall–Kier alpha value is -3.51. The number of aryl methyl sites for hydroxylation is 1. The van der Waals surface area contributed by atoms with E-state index in [1.165, 1.54) is 50.0 Å². The molecule has 1 aromatic carbocycles. The summed E-state index contributed by atoms with van der Waals surface area (Å²) in [6, 6.07) is 9.42. The molecule has 3 aromatic rings. The molecule has 0 unspecified atom stereocenters. The monoisotopic (exact) mass is 452 g/mol. The van der Waals surface area contributed by atoms with E-state index in [2.05, 4.69) is 14.4 Å². The van der Waals surface area contributed by atoms with E-state index in [1.807, 2.05) is 6.92 Å². The van der Waals surface area contributed by atoms with Crippen LogP contribution in [0.1, 0.15) is 29.0 Å². The van der Waals surface area contributed by atoms with Gasteiger partial charge < -0.3 is 4.74 Å². The molecule has 0 radical (unpaired) electrons. The van der Waals surface area contributed by atoms with E-state index in [9.17, 15) is 22.8 Å². The molecule has 0 aliphatic rings. The largest absolute Gasteiger partial charge is 0.480 e. The molecule has 31 heavy (non-hydrogen) atoms. The standard InChI is InChI=1S/C8H10O3S.C6H8N2O2.C5H6N2O2/c1-7-3-5-8(6-4-7)12(9,10)11-2;1-5(9)8-4-3-6(7-8)10-2;1-4(8)7-3-2-5(9)6-7/h3-6H,1-2H3;3-4H,1-2H3;2-3H,1H3,(H,6,9). The van der Waals surface area contributed by atoms with E-state index < -0.39 is 10.1 Å². The molecule has 3 rings (SSSR count). The maximum absolute atomic E-state index is 11.1. The molecule has 12 heteroatoms. The van der Waals surface area contributed by atoms with Crippen LogP contribution in [0.4, 0.5) is 0 Å². The molecule has 2 aromatic heterocycles. The Balaban J connectivity index is 0.000000235. The maximum Gasteiger partial charge on any atom is 0.296 e. The van der Waals surface area contributed by atoms with Gasteiger partial charge in [0.1, 0.15) is 0 Å². The van der Waals surface area contributed by atoms with Gasteiger partial charge in [0.05, 0.1) is 19.1 Å². The Morgan fingerprint density at radius 2 is 1.58 bits per heavy atom. The number of carbonyl (C=O) groups excluding carboxylic acids is 2. The molecule has 168 valence electrons. The summed E-state index contributed by atoms with van der Waals surface area (Å²) in [5.41, 5.74) is 0.759. The summed E-state index contributed by atoms with van der Waals surface area (Å²) in [6.07, 6.45) is 2.95. The normalized spacial score (nSPS) is 10.2. The zero-order chi connectivity index (χ0) is 23.6. The maximum atomic E-state index is 11.1. The number of nitrogens with one attached hydrogen (secondary N) is 1. The van der Waals surface area contributed by atoms with Crippen LogP contribution in [-0.4, -0.2) is 54.0 Å². The van der Waals surface area contributed by atoms with Gasteiger partial charge in [0.2, 0.25) is 17.7 Å². The minimum absolute atomic E-state index is 0.122. The molecule has 0 fully saturated rings. The molecule has 0 saturated heterocycles. The van der Waals surface area contributed by atoms with Gasteiger partial charge in [0.25, 0.3) is 15.7 Å². The van der Waals surface area contributed by atoms with E-state index in [0.29, 0.717) is 5.88 Å². The van der Waals surface area contributed by atoms with Crippen LogP contribution >= 0.6 is 0 Å². The summed E-state index contributed by atoms with van der Waals surface area (Å²) >= 11 is 0. The number of aromatic nitrogens is 4. The van der Waals surface area contributed by atoms with Crippen molar-refractivity contribution in [3.8, 4) is 5.88 Å². The Bertz CT molecular complexity index is 1160. The molecular weight excluding hydrogens is 428 g/mol. The molecular formula is C19H24N4O7S. The third kappa shape index (κ3) is 8.40. The van der Waals surface area contributed by atoms with Crippen molar-refractivity contribution in [3.63, 3.8) is 0 Å². The van der Waals surface area contributed by atoms with Crippen LogP contribution in [0.25, 0.3) is 0 Å². The lowest BCUT2D eigenvalue weighted by atomic mass is 10.2. The molecule has 0 saturated carbocycles. The van der Waals surface area contributed by atoms with Gasteiger partial charge in [-0.3, -0.25) is 23.7 Å². The van der Waals surface area contributed by atoms with Crippen molar-refractivity contribution in [2.45, 2.75) is 25.7 Å². The van der Waals surface area contributed by atoms with Gasteiger partial charge in [-0.25, -0.2) is 9.36 Å². The average Bonchev–Trinajstić information content (AvgIpc) is 3.38. The second-order valence-corrected chi connectivity index (χ2v) is 7.65. The van der Waals surface area contributed by atoms with Crippen LogP contribution in [0.3, 0.4) is 0 Å². The van der Waals surface area contributed by atoms with Crippen molar-refractivity contribution < 1.29 is 26.9 Å². The minimum Gasteiger partial charge on any atom is -0.480 e. The predicted octanol–water partition coefficient (Wildman–Crippen LogP) is 1.72. The zero-order valence-electron chi connectivity index (χ0n) is 17.7. The molecule has 0 spiro atoms. The molecule has 0 atom stereocenters. The Morgan fingerprint density at radius 1 is 0.968 bits per heavy atom. The summed E-state index contributed by atoms with van der Waals surface area (Å²) in [4.78, 5) is 31.6. The van der Waals surface area contributed by atoms with Crippen molar-refractivity contribution in [2.75, 3.05) is 14.2 Å². The van der Waals surface area contributed by atoms with Gasteiger partial charge in [-0.2, -0.15) is 8.42 Å². The van der Waals surface area contributed by atoms with Crippen molar-refractivity contribution >= 4 is 21.9 Å². The summed E-state index contributed by atoms with van der Waals surface area (Å²) in [7, 11) is -0.860. The van der Waals surface area contributed by atoms with Gasteiger partial charge in [-0.1, -0.05) is 17.7 Å². The molecule has 0 aliphatic heterocycles. The Labute approximate surface area is 179 Å². The lowest BCUT2D eigenvalue weighted by molar-refractivity contribution is 0.0911. The Kier molecular flexibility index (Phi) is 9.57. The van der Waals surface area contributed by atoms with Crippen LogP contribution in [0.5, 0.6) is 5.88 Å². The number of benzene rings is 1. The van der Waals surface area contributed by atoms with Gasteiger partial charge in [-0.05, 0) is 19.1 Å². The number of carbonyl (C=O) groups is 2. The molecule has 11 nitrogen and oxygen atoms in total. The van der Waals surface area contributed by atoms with Crippen LogP contribution in [0.2, 0.25) is 0 Å². The van der Waals surface area contributed by atoms with Crippen molar-refractivity contribution in [1.82, 2.24) is 19.6 Å². The first-order valence-corrected chi connectivity index (χ1v) is 10.2. The van der Waals surface area contributed by atoms with Gasteiger partial charge >= 0.3 is 0 Å². The van der Waals surface area contributed by atoms with E-state index in [0.717, 1.165) is 17.4 Å². The number of hydrogen-bond acceptors (Lipinski definition) is 8. The smallest absolute Gasteiger partial charge is 0.296 e. The SMILES string of the molecule is CC(=O)n1ccc(=O)[nH]1.COS(=O)(=O)c1ccc(C)cc1.COc1ccn(C(C)=O)n1. The first-order valence-electron chi connectivity index (χ1n) is 8.76. The second kappa shape index (κ2) is 11.6.